The summed E-state index contributed by atoms with van der Waals surface area (Å²) in [4.78, 5) is 24.7. The zero-order chi connectivity index (χ0) is 21.5. The van der Waals surface area contributed by atoms with Crippen LogP contribution in [0.15, 0.2) is 66.7 Å². The second kappa shape index (κ2) is 9.60. The van der Waals surface area contributed by atoms with Crippen molar-refractivity contribution in [3.63, 3.8) is 0 Å². The minimum absolute atomic E-state index is 0.0955. The standard InChI is InChI=1S/C24H24N2O4/c1-16-7-6-8-17(2)23(16)30-15-22(27)25-19-13-11-18(12-14-19)24(28)26-20-9-4-5-10-21(20)29-3/h4-14H,15H2,1-3H3,(H,25,27)(H,26,28). The first-order valence-electron chi connectivity index (χ1n) is 9.51. The minimum Gasteiger partial charge on any atom is -0.495 e. The van der Waals surface area contributed by atoms with Gasteiger partial charge in [0.1, 0.15) is 11.5 Å². The van der Waals surface area contributed by atoms with E-state index in [9.17, 15) is 9.59 Å². The lowest BCUT2D eigenvalue weighted by Crippen LogP contribution is -2.20. The van der Waals surface area contributed by atoms with Gasteiger partial charge in [-0.1, -0.05) is 30.3 Å². The highest BCUT2D eigenvalue weighted by molar-refractivity contribution is 6.05. The van der Waals surface area contributed by atoms with Gasteiger partial charge in [-0.15, -0.1) is 0 Å². The Balaban J connectivity index is 1.57. The van der Waals surface area contributed by atoms with Crippen molar-refractivity contribution in [3.8, 4) is 11.5 Å². The van der Waals surface area contributed by atoms with Gasteiger partial charge < -0.3 is 20.1 Å². The molecule has 0 aliphatic carbocycles. The molecule has 0 saturated heterocycles. The van der Waals surface area contributed by atoms with Crippen LogP contribution in [0.25, 0.3) is 0 Å². The number of hydrogen-bond acceptors (Lipinski definition) is 4. The number of rotatable bonds is 7. The highest BCUT2D eigenvalue weighted by Gasteiger charge is 2.11. The quantitative estimate of drug-likeness (QED) is 0.604. The molecule has 0 spiro atoms. The molecule has 0 radical (unpaired) electrons. The van der Waals surface area contributed by atoms with Gasteiger partial charge in [0.2, 0.25) is 0 Å². The van der Waals surface area contributed by atoms with Crippen LogP contribution >= 0.6 is 0 Å². The van der Waals surface area contributed by atoms with Gasteiger partial charge in [-0.3, -0.25) is 9.59 Å². The van der Waals surface area contributed by atoms with Crippen LogP contribution in [0.2, 0.25) is 0 Å². The van der Waals surface area contributed by atoms with Gasteiger partial charge in [0.05, 0.1) is 12.8 Å². The zero-order valence-electron chi connectivity index (χ0n) is 17.2. The van der Waals surface area contributed by atoms with Crippen molar-refractivity contribution in [1.82, 2.24) is 0 Å². The molecule has 0 atom stereocenters. The monoisotopic (exact) mass is 404 g/mol. The van der Waals surface area contributed by atoms with Crippen LogP contribution in [0, 0.1) is 13.8 Å². The molecule has 6 heteroatoms. The van der Waals surface area contributed by atoms with Gasteiger partial charge in [0, 0.05) is 11.3 Å². The number of aryl methyl sites for hydroxylation is 2. The number of benzene rings is 3. The Morgan fingerprint density at radius 2 is 1.50 bits per heavy atom. The van der Waals surface area contributed by atoms with Crippen LogP contribution < -0.4 is 20.1 Å². The summed E-state index contributed by atoms with van der Waals surface area (Å²) in [6, 6.07) is 19.7. The Labute approximate surface area is 175 Å². The number of amides is 2. The third-order valence-corrected chi connectivity index (χ3v) is 4.54. The maximum atomic E-state index is 12.5. The number of para-hydroxylation sites is 3. The third-order valence-electron chi connectivity index (χ3n) is 4.54. The van der Waals surface area contributed by atoms with Crippen LogP contribution in [-0.4, -0.2) is 25.5 Å². The fourth-order valence-electron chi connectivity index (χ4n) is 3.01. The fraction of sp³-hybridized carbons (Fsp3) is 0.167. The van der Waals surface area contributed by atoms with Crippen LogP contribution in [0.5, 0.6) is 11.5 Å². The summed E-state index contributed by atoms with van der Waals surface area (Å²) < 4.78 is 10.9. The van der Waals surface area contributed by atoms with Crippen molar-refractivity contribution in [3.05, 3.63) is 83.4 Å². The molecule has 2 N–H and O–H groups in total. The first-order chi connectivity index (χ1) is 14.5. The minimum atomic E-state index is -0.274. The molecule has 0 aromatic heterocycles. The molecule has 0 bridgehead atoms. The van der Waals surface area contributed by atoms with Crippen molar-refractivity contribution in [2.75, 3.05) is 24.4 Å². The molecule has 0 unspecified atom stereocenters. The molecule has 0 saturated carbocycles. The van der Waals surface area contributed by atoms with E-state index >= 15 is 0 Å². The van der Waals surface area contributed by atoms with E-state index < -0.39 is 0 Å². The van der Waals surface area contributed by atoms with Crippen molar-refractivity contribution in [2.24, 2.45) is 0 Å². The Morgan fingerprint density at radius 1 is 0.833 bits per heavy atom. The highest BCUT2D eigenvalue weighted by Crippen LogP contribution is 2.24. The average molecular weight is 404 g/mol. The van der Waals surface area contributed by atoms with Crippen LogP contribution in [0.1, 0.15) is 21.5 Å². The van der Waals surface area contributed by atoms with Crippen LogP contribution in [-0.2, 0) is 4.79 Å². The fourth-order valence-corrected chi connectivity index (χ4v) is 3.01. The predicted octanol–water partition coefficient (Wildman–Crippen LogP) is 4.58. The third kappa shape index (κ3) is 5.17. The number of nitrogens with one attached hydrogen (secondary N) is 2. The van der Waals surface area contributed by atoms with E-state index in [0.717, 1.165) is 16.9 Å². The van der Waals surface area contributed by atoms with Crippen molar-refractivity contribution in [1.29, 1.82) is 0 Å². The number of ether oxygens (including phenoxy) is 2. The Morgan fingerprint density at radius 3 is 2.17 bits per heavy atom. The second-order valence-corrected chi connectivity index (χ2v) is 6.79. The molecule has 3 aromatic rings. The van der Waals surface area contributed by atoms with E-state index in [1.165, 1.54) is 0 Å². The van der Waals surface area contributed by atoms with Gasteiger partial charge in [-0.2, -0.15) is 0 Å². The molecular weight excluding hydrogens is 380 g/mol. The van der Waals surface area contributed by atoms with E-state index in [-0.39, 0.29) is 18.4 Å². The SMILES string of the molecule is COc1ccccc1NC(=O)c1ccc(NC(=O)COc2c(C)cccc2C)cc1. The van der Waals surface area contributed by atoms with Crippen molar-refractivity contribution in [2.45, 2.75) is 13.8 Å². The molecule has 0 aliphatic heterocycles. The van der Waals surface area contributed by atoms with E-state index in [2.05, 4.69) is 10.6 Å². The van der Waals surface area contributed by atoms with Gasteiger partial charge in [0.15, 0.2) is 6.61 Å². The number of carbonyl (C=O) groups excluding carboxylic acids is 2. The summed E-state index contributed by atoms with van der Waals surface area (Å²) in [6.07, 6.45) is 0. The molecule has 154 valence electrons. The number of anilines is 2. The number of methoxy groups -OCH3 is 1. The second-order valence-electron chi connectivity index (χ2n) is 6.79. The molecule has 0 aliphatic rings. The summed E-state index contributed by atoms with van der Waals surface area (Å²) in [5.41, 5.74) is 3.59. The Hall–Kier alpha value is -3.80. The van der Waals surface area contributed by atoms with Gasteiger partial charge >= 0.3 is 0 Å². The summed E-state index contributed by atoms with van der Waals surface area (Å²) in [5, 5.41) is 5.59. The summed E-state index contributed by atoms with van der Waals surface area (Å²) >= 11 is 0. The number of carbonyl (C=O) groups is 2. The lowest BCUT2D eigenvalue weighted by molar-refractivity contribution is -0.118. The maximum absolute atomic E-state index is 12.5. The van der Waals surface area contributed by atoms with Crippen LogP contribution in [0.4, 0.5) is 11.4 Å². The van der Waals surface area contributed by atoms with Crippen molar-refractivity contribution >= 4 is 23.2 Å². The van der Waals surface area contributed by atoms with E-state index in [0.29, 0.717) is 22.7 Å². The normalized spacial score (nSPS) is 10.2. The first-order valence-corrected chi connectivity index (χ1v) is 9.51. The summed E-state index contributed by atoms with van der Waals surface area (Å²) in [6.45, 7) is 3.78. The van der Waals surface area contributed by atoms with Crippen LogP contribution in [0.3, 0.4) is 0 Å². The lowest BCUT2D eigenvalue weighted by Gasteiger charge is -2.12. The maximum Gasteiger partial charge on any atom is 0.262 e. The van der Waals surface area contributed by atoms with E-state index in [1.807, 2.05) is 44.2 Å². The molecule has 3 aromatic carbocycles. The largest absolute Gasteiger partial charge is 0.495 e. The highest BCUT2D eigenvalue weighted by atomic mass is 16.5. The summed E-state index contributed by atoms with van der Waals surface area (Å²) in [7, 11) is 1.55. The molecular formula is C24H24N2O4. The number of hydrogen-bond donors (Lipinski definition) is 2. The molecule has 0 heterocycles. The Kier molecular flexibility index (Phi) is 6.70. The van der Waals surface area contributed by atoms with E-state index in [4.69, 9.17) is 9.47 Å². The van der Waals surface area contributed by atoms with Gasteiger partial charge in [-0.25, -0.2) is 0 Å². The average Bonchev–Trinajstić information content (AvgIpc) is 2.74. The molecule has 6 nitrogen and oxygen atoms in total. The topological polar surface area (TPSA) is 76.7 Å². The van der Waals surface area contributed by atoms with Gasteiger partial charge in [0.25, 0.3) is 11.8 Å². The molecule has 2 amide bonds. The smallest absolute Gasteiger partial charge is 0.262 e. The predicted molar refractivity (Wildman–Crippen MR) is 117 cm³/mol. The van der Waals surface area contributed by atoms with Crippen molar-refractivity contribution < 1.29 is 19.1 Å². The zero-order valence-corrected chi connectivity index (χ0v) is 17.2. The van der Waals surface area contributed by atoms with Gasteiger partial charge in [-0.05, 0) is 61.4 Å². The van der Waals surface area contributed by atoms with E-state index in [1.54, 1.807) is 43.5 Å². The summed E-state index contributed by atoms with van der Waals surface area (Å²) in [5.74, 6) is 0.759. The lowest BCUT2D eigenvalue weighted by atomic mass is 10.1. The Bertz CT molecular complexity index is 1030. The molecule has 30 heavy (non-hydrogen) atoms. The first kappa shape index (κ1) is 20.9. The molecule has 3 rings (SSSR count). The molecule has 0 fully saturated rings.